The molecule has 0 spiro atoms. The molecule has 1 N–H and O–H groups in total. The van der Waals surface area contributed by atoms with Gasteiger partial charge in [0.2, 0.25) is 0 Å². The van der Waals surface area contributed by atoms with E-state index in [1.54, 1.807) is 6.20 Å². The van der Waals surface area contributed by atoms with E-state index in [-0.39, 0.29) is 5.54 Å². The third kappa shape index (κ3) is 3.58. The lowest BCUT2D eigenvalue weighted by atomic mass is 10.1. The molecule has 2 rings (SSSR count). The molecule has 1 heterocycles. The van der Waals surface area contributed by atoms with E-state index in [0.717, 1.165) is 23.1 Å². The molecule has 0 radical (unpaired) electrons. The van der Waals surface area contributed by atoms with Crippen LogP contribution in [0.4, 0.5) is 0 Å². The van der Waals surface area contributed by atoms with E-state index in [1.165, 1.54) is 5.56 Å². The predicted molar refractivity (Wildman–Crippen MR) is 79.9 cm³/mol. The van der Waals surface area contributed by atoms with Crippen LogP contribution in [0.15, 0.2) is 30.6 Å². The van der Waals surface area contributed by atoms with Crippen molar-refractivity contribution in [3.8, 4) is 5.69 Å². The maximum atomic E-state index is 6.37. The second-order valence-corrected chi connectivity index (χ2v) is 6.14. The molecule has 0 bridgehead atoms. The minimum Gasteiger partial charge on any atom is -0.308 e. The monoisotopic (exact) mass is 277 g/mol. The largest absolute Gasteiger partial charge is 0.308 e. The maximum absolute atomic E-state index is 6.37. The maximum Gasteiger partial charge on any atom is 0.110 e. The first-order valence-corrected chi connectivity index (χ1v) is 6.78. The van der Waals surface area contributed by atoms with Gasteiger partial charge in [-0.15, -0.1) is 0 Å². The SMILES string of the molecule is Cc1nccn1-c1ccc(CNC(C)(C)C)cc1Cl. The lowest BCUT2D eigenvalue weighted by Gasteiger charge is -2.21. The Morgan fingerprint density at radius 1 is 1.32 bits per heavy atom. The van der Waals surface area contributed by atoms with Crippen LogP contribution in [-0.2, 0) is 6.54 Å². The van der Waals surface area contributed by atoms with Gasteiger partial charge in [-0.05, 0) is 45.4 Å². The fraction of sp³-hybridized carbons (Fsp3) is 0.400. The third-order valence-electron chi connectivity index (χ3n) is 2.92. The van der Waals surface area contributed by atoms with Crippen molar-refractivity contribution in [3.05, 3.63) is 47.0 Å². The zero-order valence-electron chi connectivity index (χ0n) is 11.9. The number of rotatable bonds is 3. The molecule has 1 aromatic carbocycles. The van der Waals surface area contributed by atoms with Crippen molar-refractivity contribution >= 4 is 11.6 Å². The highest BCUT2D eigenvalue weighted by Gasteiger charge is 2.10. The first kappa shape index (κ1) is 14.1. The smallest absolute Gasteiger partial charge is 0.110 e. The van der Waals surface area contributed by atoms with E-state index in [2.05, 4.69) is 37.1 Å². The van der Waals surface area contributed by atoms with E-state index in [4.69, 9.17) is 11.6 Å². The van der Waals surface area contributed by atoms with Crippen molar-refractivity contribution < 1.29 is 0 Å². The highest BCUT2D eigenvalue weighted by molar-refractivity contribution is 6.32. The summed E-state index contributed by atoms with van der Waals surface area (Å²) >= 11 is 6.37. The van der Waals surface area contributed by atoms with Gasteiger partial charge < -0.3 is 9.88 Å². The highest BCUT2D eigenvalue weighted by atomic mass is 35.5. The van der Waals surface area contributed by atoms with E-state index >= 15 is 0 Å². The fourth-order valence-corrected chi connectivity index (χ4v) is 2.15. The van der Waals surface area contributed by atoms with Crippen molar-refractivity contribution in [2.75, 3.05) is 0 Å². The molecule has 19 heavy (non-hydrogen) atoms. The number of imidazole rings is 1. The Hall–Kier alpha value is -1.32. The molecule has 0 aliphatic rings. The summed E-state index contributed by atoms with van der Waals surface area (Å²) in [5.41, 5.74) is 2.25. The van der Waals surface area contributed by atoms with Gasteiger partial charge in [0.05, 0.1) is 10.7 Å². The minimum absolute atomic E-state index is 0.103. The molecule has 0 saturated carbocycles. The van der Waals surface area contributed by atoms with E-state index in [0.29, 0.717) is 0 Å². The number of aryl methyl sites for hydroxylation is 1. The number of nitrogens with zero attached hydrogens (tertiary/aromatic N) is 2. The summed E-state index contributed by atoms with van der Waals surface area (Å²) in [6.45, 7) is 9.23. The second-order valence-electron chi connectivity index (χ2n) is 5.73. The Morgan fingerprint density at radius 3 is 2.58 bits per heavy atom. The molecule has 3 nitrogen and oxygen atoms in total. The van der Waals surface area contributed by atoms with Crippen molar-refractivity contribution in [2.45, 2.75) is 39.8 Å². The van der Waals surface area contributed by atoms with Crippen LogP contribution in [0, 0.1) is 6.92 Å². The van der Waals surface area contributed by atoms with Crippen molar-refractivity contribution in [1.29, 1.82) is 0 Å². The zero-order valence-corrected chi connectivity index (χ0v) is 12.6. The first-order valence-electron chi connectivity index (χ1n) is 6.40. The fourth-order valence-electron chi connectivity index (χ4n) is 1.86. The van der Waals surface area contributed by atoms with Gasteiger partial charge in [-0.2, -0.15) is 0 Å². The minimum atomic E-state index is 0.103. The molecule has 0 aliphatic carbocycles. The summed E-state index contributed by atoms with van der Waals surface area (Å²) in [6.07, 6.45) is 3.70. The van der Waals surface area contributed by atoms with Gasteiger partial charge in [-0.3, -0.25) is 0 Å². The molecular formula is C15H20ClN3. The Balaban J connectivity index is 2.21. The molecule has 0 atom stereocenters. The number of hydrogen-bond donors (Lipinski definition) is 1. The number of hydrogen-bond acceptors (Lipinski definition) is 2. The summed E-state index contributed by atoms with van der Waals surface area (Å²) in [6, 6.07) is 6.14. The average molecular weight is 278 g/mol. The standard InChI is InChI=1S/C15H20ClN3/c1-11-17-7-8-19(11)14-6-5-12(9-13(14)16)10-18-15(2,3)4/h5-9,18H,10H2,1-4H3. The molecule has 4 heteroatoms. The molecular weight excluding hydrogens is 258 g/mol. The second kappa shape index (κ2) is 5.35. The van der Waals surface area contributed by atoms with Crippen molar-refractivity contribution in [1.82, 2.24) is 14.9 Å². The van der Waals surface area contributed by atoms with E-state index < -0.39 is 0 Å². The normalized spacial score (nSPS) is 11.8. The molecule has 1 aromatic heterocycles. The van der Waals surface area contributed by atoms with Gasteiger partial charge in [-0.1, -0.05) is 17.7 Å². The van der Waals surface area contributed by atoms with Crippen LogP contribution >= 0.6 is 11.6 Å². The highest BCUT2D eigenvalue weighted by Crippen LogP contribution is 2.23. The summed E-state index contributed by atoms with van der Waals surface area (Å²) in [5.74, 6) is 0.933. The Kier molecular flexibility index (Phi) is 3.97. The topological polar surface area (TPSA) is 29.9 Å². The number of aromatic nitrogens is 2. The number of nitrogens with one attached hydrogen (secondary N) is 1. The van der Waals surface area contributed by atoms with Crippen LogP contribution in [0.1, 0.15) is 32.2 Å². The van der Waals surface area contributed by atoms with Gasteiger partial charge in [0, 0.05) is 24.5 Å². The number of halogens is 1. The van der Waals surface area contributed by atoms with Gasteiger partial charge in [-0.25, -0.2) is 4.98 Å². The number of benzene rings is 1. The first-order chi connectivity index (χ1) is 8.87. The van der Waals surface area contributed by atoms with Crippen LogP contribution in [0.25, 0.3) is 5.69 Å². The van der Waals surface area contributed by atoms with E-state index in [9.17, 15) is 0 Å². The average Bonchev–Trinajstić information content (AvgIpc) is 2.72. The van der Waals surface area contributed by atoms with Gasteiger partial charge in [0.15, 0.2) is 0 Å². The van der Waals surface area contributed by atoms with Crippen molar-refractivity contribution in [2.24, 2.45) is 0 Å². The molecule has 0 saturated heterocycles. The molecule has 0 aliphatic heterocycles. The Bertz CT molecular complexity index is 567. The van der Waals surface area contributed by atoms with Crippen LogP contribution in [0.2, 0.25) is 5.02 Å². The molecule has 0 amide bonds. The summed E-state index contributed by atoms with van der Waals surface area (Å²) < 4.78 is 1.99. The van der Waals surface area contributed by atoms with Crippen molar-refractivity contribution in [3.63, 3.8) is 0 Å². The Morgan fingerprint density at radius 2 is 2.05 bits per heavy atom. The zero-order chi connectivity index (χ0) is 14.0. The quantitative estimate of drug-likeness (QED) is 0.927. The summed E-state index contributed by atoms with van der Waals surface area (Å²) in [4.78, 5) is 4.22. The van der Waals surface area contributed by atoms with Crippen LogP contribution in [0.5, 0.6) is 0 Å². The van der Waals surface area contributed by atoms with Gasteiger partial charge in [0.25, 0.3) is 0 Å². The molecule has 2 aromatic rings. The molecule has 0 unspecified atom stereocenters. The Labute approximate surface area is 119 Å². The third-order valence-corrected chi connectivity index (χ3v) is 3.22. The molecule has 102 valence electrons. The van der Waals surface area contributed by atoms with Crippen LogP contribution in [-0.4, -0.2) is 15.1 Å². The predicted octanol–water partition coefficient (Wildman–Crippen LogP) is 3.72. The van der Waals surface area contributed by atoms with Gasteiger partial charge in [0.1, 0.15) is 5.82 Å². The lowest BCUT2D eigenvalue weighted by molar-refractivity contribution is 0.424. The lowest BCUT2D eigenvalue weighted by Crippen LogP contribution is -2.35. The van der Waals surface area contributed by atoms with Crippen LogP contribution in [0.3, 0.4) is 0 Å². The van der Waals surface area contributed by atoms with E-state index in [1.807, 2.05) is 29.8 Å². The van der Waals surface area contributed by atoms with Gasteiger partial charge >= 0.3 is 0 Å². The summed E-state index contributed by atoms with van der Waals surface area (Å²) in [7, 11) is 0. The van der Waals surface area contributed by atoms with Crippen LogP contribution < -0.4 is 5.32 Å². The summed E-state index contributed by atoms with van der Waals surface area (Å²) in [5, 5.41) is 4.20. The molecule has 0 fully saturated rings.